The average molecular weight is 262 g/mol. The van der Waals surface area contributed by atoms with Crippen LogP contribution in [0.4, 0.5) is 4.39 Å². The minimum Gasteiger partial charge on any atom is -0.249 e. The molecule has 0 aliphatic heterocycles. The highest BCUT2D eigenvalue weighted by atomic mass is 35.5. The third-order valence-electron chi connectivity index (χ3n) is 2.03. The number of nitriles is 1. The van der Waals surface area contributed by atoms with Crippen LogP contribution in [0.5, 0.6) is 0 Å². The van der Waals surface area contributed by atoms with Gasteiger partial charge in [-0.2, -0.15) is 5.26 Å². The van der Waals surface area contributed by atoms with Crippen LogP contribution in [-0.4, -0.2) is 20.3 Å². The molecule has 1 aromatic heterocycles. The van der Waals surface area contributed by atoms with Gasteiger partial charge < -0.3 is 0 Å². The molecule has 0 saturated heterocycles. The predicted octanol–water partition coefficient (Wildman–Crippen LogP) is 1.31. The fourth-order valence-electron chi connectivity index (χ4n) is 1.00. The van der Waals surface area contributed by atoms with E-state index in [1.54, 1.807) is 6.19 Å². The van der Waals surface area contributed by atoms with E-state index in [-0.39, 0.29) is 5.15 Å². The van der Waals surface area contributed by atoms with Crippen molar-refractivity contribution in [1.29, 1.82) is 5.26 Å². The lowest BCUT2D eigenvalue weighted by Gasteiger charge is -2.08. The number of aromatic nitrogens is 1. The molecule has 1 N–H and O–H groups in total. The van der Waals surface area contributed by atoms with Gasteiger partial charge in [0.05, 0.1) is 9.71 Å². The van der Waals surface area contributed by atoms with Gasteiger partial charge >= 0.3 is 0 Å². The van der Waals surface area contributed by atoms with E-state index >= 15 is 0 Å². The molecule has 1 rings (SSSR count). The second kappa shape index (κ2) is 4.68. The predicted molar refractivity (Wildman–Crippen MR) is 61.8 cm³/mol. The number of hydrogen-bond acceptors (Lipinski definition) is 3. The van der Waals surface area contributed by atoms with Gasteiger partial charge in [-0.1, -0.05) is 11.6 Å². The number of nitrogens with zero attached hydrogens (tertiary/aromatic N) is 2. The minimum absolute atomic E-state index is 0.243. The molecule has 1 heterocycles. The molecule has 0 aromatic carbocycles. The number of pyridine rings is 1. The Morgan fingerprint density at radius 1 is 1.75 bits per heavy atom. The molecule has 0 spiro atoms. The quantitative estimate of drug-likeness (QED) is 0.287. The van der Waals surface area contributed by atoms with Crippen LogP contribution in [0.25, 0.3) is 0 Å². The molecule has 0 bridgehead atoms. The van der Waals surface area contributed by atoms with E-state index in [9.17, 15) is 8.60 Å². The summed E-state index contributed by atoms with van der Waals surface area (Å²) in [5.74, 6) is -0.689. The molecule has 86 valence electrons. The van der Waals surface area contributed by atoms with Crippen molar-refractivity contribution in [2.24, 2.45) is 0 Å². The van der Waals surface area contributed by atoms with Crippen LogP contribution >= 0.6 is 11.6 Å². The van der Waals surface area contributed by atoms with Crippen molar-refractivity contribution in [2.45, 2.75) is 6.92 Å². The molecule has 0 fully saturated rings. The smallest absolute Gasteiger partial charge is 0.188 e. The highest BCUT2D eigenvalue weighted by Gasteiger charge is 2.10. The van der Waals surface area contributed by atoms with Crippen molar-refractivity contribution in [3.8, 4) is 6.19 Å². The lowest BCUT2D eigenvalue weighted by atomic mass is 10.2. The van der Waals surface area contributed by atoms with E-state index in [1.807, 2.05) is 0 Å². The summed E-state index contributed by atoms with van der Waals surface area (Å²) in [6.45, 7) is 1.54. The van der Waals surface area contributed by atoms with Gasteiger partial charge in [-0.25, -0.2) is 18.3 Å². The molecule has 16 heavy (non-hydrogen) atoms. The largest absolute Gasteiger partial charge is 0.249 e. The number of rotatable bonds is 2. The van der Waals surface area contributed by atoms with Gasteiger partial charge in [0.25, 0.3) is 0 Å². The Kier molecular flexibility index (Phi) is 3.73. The van der Waals surface area contributed by atoms with Crippen molar-refractivity contribution in [1.82, 2.24) is 9.71 Å². The van der Waals surface area contributed by atoms with E-state index in [1.165, 1.54) is 19.4 Å². The first-order valence-corrected chi connectivity index (χ1v) is 6.53. The highest BCUT2D eigenvalue weighted by Crippen LogP contribution is 2.13. The van der Waals surface area contributed by atoms with Gasteiger partial charge in [0.15, 0.2) is 17.2 Å². The zero-order chi connectivity index (χ0) is 12.3. The van der Waals surface area contributed by atoms with Crippen molar-refractivity contribution in [3.63, 3.8) is 0 Å². The summed E-state index contributed by atoms with van der Waals surface area (Å²) in [6.07, 6.45) is 4.27. The maximum atomic E-state index is 13.1. The first-order chi connectivity index (χ1) is 7.38. The molecule has 0 saturated carbocycles. The third kappa shape index (κ3) is 2.62. The van der Waals surface area contributed by atoms with Crippen LogP contribution in [0, 0.1) is 17.3 Å². The Morgan fingerprint density at radius 2 is 2.38 bits per heavy atom. The van der Waals surface area contributed by atoms with E-state index in [4.69, 9.17) is 16.9 Å². The summed E-state index contributed by atoms with van der Waals surface area (Å²) in [4.78, 5) is 3.95. The Hall–Kier alpha value is -1.32. The summed E-state index contributed by atoms with van der Waals surface area (Å²) < 4.78 is 27.2. The third-order valence-corrected chi connectivity index (χ3v) is 4.19. The molecule has 0 aliphatic rings. The summed E-state index contributed by atoms with van der Waals surface area (Å²) in [7, 11) is -2.69. The Balaban J connectivity index is 3.36. The molecular weight excluding hydrogens is 253 g/mol. The average Bonchev–Trinajstić information content (AvgIpc) is 2.21. The summed E-state index contributed by atoms with van der Waals surface area (Å²) in [5.41, 5.74) is 0.345. The fourth-order valence-corrected chi connectivity index (χ4v) is 1.99. The maximum absolute atomic E-state index is 13.1. The second-order valence-corrected chi connectivity index (χ2v) is 5.97. The maximum Gasteiger partial charge on any atom is 0.188 e. The monoisotopic (exact) mass is 261 g/mol. The normalized spacial score (nSPS) is 13.7. The van der Waals surface area contributed by atoms with Crippen LogP contribution in [0.15, 0.2) is 12.3 Å². The van der Waals surface area contributed by atoms with Gasteiger partial charge in [-0.15, -0.1) is 0 Å². The van der Waals surface area contributed by atoms with Gasteiger partial charge in [0.1, 0.15) is 0 Å². The standard InChI is InChI=1S/C9H9ClFN3OS/c1-6(16(2,15)14-5-12)7-3-8(11)9(10)13-4-7/h3-4H,1-2H3,(H,14,15). The van der Waals surface area contributed by atoms with Gasteiger partial charge in [-0.05, 0) is 13.0 Å². The van der Waals surface area contributed by atoms with Crippen LogP contribution in [0.1, 0.15) is 12.5 Å². The molecule has 0 aliphatic carbocycles. The molecule has 4 nitrogen and oxygen atoms in total. The Labute approximate surface area is 98.2 Å². The summed E-state index contributed by atoms with van der Waals surface area (Å²) >= 11 is 5.43. The molecule has 1 aromatic rings. The minimum atomic E-state index is -2.69. The van der Waals surface area contributed by atoms with Crippen molar-refractivity contribution in [2.75, 3.05) is 6.26 Å². The van der Waals surface area contributed by atoms with E-state index in [0.717, 1.165) is 6.07 Å². The Bertz CT molecular complexity index is 573. The van der Waals surface area contributed by atoms with Crippen LogP contribution < -0.4 is 4.72 Å². The van der Waals surface area contributed by atoms with Crippen LogP contribution in [0.3, 0.4) is 0 Å². The molecule has 1 atom stereocenters. The lowest BCUT2D eigenvalue weighted by molar-refractivity contribution is 0.621. The first kappa shape index (κ1) is 12.7. The van der Waals surface area contributed by atoms with E-state index < -0.39 is 15.5 Å². The summed E-state index contributed by atoms with van der Waals surface area (Å²) in [5, 5.41) is 8.19. The number of nitrogens with one attached hydrogen (secondary N) is 1. The van der Waals surface area contributed by atoms with Gasteiger partial charge in [-0.3, -0.25) is 0 Å². The first-order valence-electron chi connectivity index (χ1n) is 4.18. The number of hydrogen-bond donors (Lipinski definition) is 1. The molecule has 7 heteroatoms. The molecule has 1 unspecified atom stereocenters. The number of halogens is 2. The van der Waals surface area contributed by atoms with Crippen molar-refractivity contribution < 1.29 is 8.60 Å². The van der Waals surface area contributed by atoms with Crippen LogP contribution in [-0.2, 0) is 9.71 Å². The molecular formula is C9H9ClFN3OS. The van der Waals surface area contributed by atoms with Gasteiger partial charge in [0.2, 0.25) is 0 Å². The molecule has 0 radical (unpaired) electrons. The topological polar surface area (TPSA) is 65.8 Å². The zero-order valence-electron chi connectivity index (χ0n) is 8.62. The lowest BCUT2D eigenvalue weighted by Crippen LogP contribution is -2.24. The van der Waals surface area contributed by atoms with E-state index in [2.05, 4.69) is 9.71 Å². The molecule has 0 amide bonds. The highest BCUT2D eigenvalue weighted by molar-refractivity contribution is 8.00. The SMILES string of the molecule is CC(c1cnc(Cl)c(F)c1)=S(C)(=O)NC#N. The van der Waals surface area contributed by atoms with Crippen LogP contribution in [0.2, 0.25) is 5.15 Å². The fraction of sp³-hybridized carbons (Fsp3) is 0.222. The summed E-state index contributed by atoms with van der Waals surface area (Å²) in [6, 6.07) is 1.13. The Morgan fingerprint density at radius 3 is 2.88 bits per heavy atom. The van der Waals surface area contributed by atoms with Gasteiger partial charge in [0, 0.05) is 22.9 Å². The van der Waals surface area contributed by atoms with Crippen molar-refractivity contribution in [3.05, 3.63) is 28.8 Å². The second-order valence-electron chi connectivity index (χ2n) is 3.11. The van der Waals surface area contributed by atoms with Crippen molar-refractivity contribution >= 4 is 26.2 Å². The van der Waals surface area contributed by atoms with E-state index in [0.29, 0.717) is 10.4 Å². The zero-order valence-corrected chi connectivity index (χ0v) is 10.2.